The van der Waals surface area contributed by atoms with Crippen LogP contribution in [0.5, 0.6) is 17.2 Å². The van der Waals surface area contributed by atoms with E-state index in [1.165, 1.54) is 30.3 Å². The van der Waals surface area contributed by atoms with Crippen LogP contribution in [0, 0.1) is 6.92 Å². The van der Waals surface area contributed by atoms with Crippen LogP contribution >= 0.6 is 0 Å². The van der Waals surface area contributed by atoms with Gasteiger partial charge in [-0.25, -0.2) is 0 Å². The smallest absolute Gasteiger partial charge is 0.186 e. The third-order valence-corrected chi connectivity index (χ3v) is 3.85. The molecule has 120 valence electrons. The molecule has 2 heterocycles. The first kappa shape index (κ1) is 14.2. The largest absolute Gasteiger partial charge is 0.504 e. The highest BCUT2D eigenvalue weighted by molar-refractivity contribution is 6.09. The Balaban J connectivity index is 2.16. The van der Waals surface area contributed by atoms with Gasteiger partial charge in [0, 0.05) is 23.1 Å². The topological polar surface area (TPSA) is 104 Å². The predicted octanol–water partition coefficient (Wildman–Crippen LogP) is 3.63. The molecule has 24 heavy (non-hydrogen) atoms. The molecule has 0 bridgehead atoms. The minimum Gasteiger partial charge on any atom is -0.504 e. The van der Waals surface area contributed by atoms with Crippen LogP contribution in [0.15, 0.2) is 50.0 Å². The zero-order valence-electron chi connectivity index (χ0n) is 12.5. The number of phenols is 2. The number of aryl methyl sites for hydroxylation is 1. The van der Waals surface area contributed by atoms with Gasteiger partial charge in [0.25, 0.3) is 0 Å². The van der Waals surface area contributed by atoms with E-state index in [1.54, 1.807) is 13.0 Å². The van der Waals surface area contributed by atoms with Gasteiger partial charge in [0.05, 0.1) is 5.39 Å². The van der Waals surface area contributed by atoms with Crippen molar-refractivity contribution in [3.63, 3.8) is 0 Å². The van der Waals surface area contributed by atoms with Crippen LogP contribution in [0.1, 0.15) is 5.76 Å². The maximum atomic E-state index is 11.8. The van der Waals surface area contributed by atoms with E-state index in [-0.39, 0.29) is 34.0 Å². The van der Waals surface area contributed by atoms with Crippen molar-refractivity contribution in [1.82, 2.24) is 0 Å². The Kier molecular flexibility index (Phi) is 2.83. The van der Waals surface area contributed by atoms with Gasteiger partial charge in [-0.05, 0) is 31.2 Å². The van der Waals surface area contributed by atoms with Gasteiger partial charge in [0.15, 0.2) is 28.4 Å². The second kappa shape index (κ2) is 4.79. The van der Waals surface area contributed by atoms with Crippen molar-refractivity contribution in [2.75, 3.05) is 0 Å². The Bertz CT molecular complexity index is 1170. The van der Waals surface area contributed by atoms with E-state index in [2.05, 4.69) is 0 Å². The van der Waals surface area contributed by atoms with Crippen molar-refractivity contribution >= 4 is 21.9 Å². The quantitative estimate of drug-likeness (QED) is 0.462. The summed E-state index contributed by atoms with van der Waals surface area (Å²) in [5, 5.41) is 30.7. The Morgan fingerprint density at radius 2 is 1.58 bits per heavy atom. The lowest BCUT2D eigenvalue weighted by Crippen LogP contribution is -1.97. The van der Waals surface area contributed by atoms with Gasteiger partial charge < -0.3 is 24.2 Å². The molecular weight excluding hydrogens is 312 g/mol. The number of rotatable bonds is 1. The Hall–Kier alpha value is -3.41. The molecule has 0 amide bonds. The molecule has 0 radical (unpaired) electrons. The molecule has 4 aromatic rings. The van der Waals surface area contributed by atoms with Crippen LogP contribution in [0.2, 0.25) is 0 Å². The Labute approximate surface area is 134 Å². The SMILES string of the molecule is Cc1cc2c(O)c(-c3ccc(O)c(O)c3)oc3cc(=O)cc(o1)c32. The van der Waals surface area contributed by atoms with Crippen molar-refractivity contribution in [2.45, 2.75) is 6.92 Å². The van der Waals surface area contributed by atoms with Crippen molar-refractivity contribution < 1.29 is 24.2 Å². The molecule has 3 N–H and O–H groups in total. The number of benzene rings is 2. The summed E-state index contributed by atoms with van der Waals surface area (Å²) < 4.78 is 11.2. The first-order valence-electron chi connectivity index (χ1n) is 7.16. The van der Waals surface area contributed by atoms with Gasteiger partial charge in [0.1, 0.15) is 16.9 Å². The van der Waals surface area contributed by atoms with Gasteiger partial charge in [-0.15, -0.1) is 0 Å². The highest BCUT2D eigenvalue weighted by atomic mass is 16.4. The normalized spacial score (nSPS) is 11.4. The van der Waals surface area contributed by atoms with Crippen LogP contribution in [-0.4, -0.2) is 15.3 Å². The summed E-state index contributed by atoms with van der Waals surface area (Å²) >= 11 is 0. The van der Waals surface area contributed by atoms with Crippen LogP contribution in [0.25, 0.3) is 33.3 Å². The number of hydrogen-bond acceptors (Lipinski definition) is 6. The van der Waals surface area contributed by atoms with E-state index in [1.807, 2.05) is 0 Å². The van der Waals surface area contributed by atoms with E-state index in [9.17, 15) is 20.1 Å². The van der Waals surface area contributed by atoms with Crippen LogP contribution in [-0.2, 0) is 0 Å². The maximum absolute atomic E-state index is 11.8. The average Bonchev–Trinajstić information content (AvgIpc) is 2.52. The highest BCUT2D eigenvalue weighted by Crippen LogP contribution is 2.42. The lowest BCUT2D eigenvalue weighted by Gasteiger charge is -2.12. The molecule has 4 rings (SSSR count). The maximum Gasteiger partial charge on any atom is 0.186 e. The summed E-state index contributed by atoms with van der Waals surface area (Å²) in [6.45, 7) is 1.71. The van der Waals surface area contributed by atoms with Gasteiger partial charge in [-0.1, -0.05) is 0 Å². The molecule has 0 atom stereocenters. The summed E-state index contributed by atoms with van der Waals surface area (Å²) in [4.78, 5) is 11.8. The molecule has 2 aromatic heterocycles. The van der Waals surface area contributed by atoms with Crippen molar-refractivity contribution in [3.05, 3.63) is 52.4 Å². The zero-order chi connectivity index (χ0) is 17.0. The van der Waals surface area contributed by atoms with E-state index in [0.29, 0.717) is 27.7 Å². The molecule has 0 unspecified atom stereocenters. The van der Waals surface area contributed by atoms with E-state index < -0.39 is 0 Å². The molecule has 6 nitrogen and oxygen atoms in total. The van der Waals surface area contributed by atoms with Gasteiger partial charge in [-0.2, -0.15) is 0 Å². The van der Waals surface area contributed by atoms with E-state index in [0.717, 1.165) is 0 Å². The highest BCUT2D eigenvalue weighted by Gasteiger charge is 2.19. The molecule has 0 aliphatic carbocycles. The molecular formula is C18H12O6. The second-order valence-corrected chi connectivity index (χ2v) is 5.55. The molecule has 0 spiro atoms. The third-order valence-electron chi connectivity index (χ3n) is 3.85. The standard InChI is InChI=1S/C18H12O6/c1-8-4-11-16-14(23-8)6-10(19)7-15(16)24-18(17(11)22)9-2-3-12(20)13(21)5-9/h2-7,20-22H,1H3. The molecule has 0 saturated heterocycles. The minimum atomic E-state index is -0.343. The van der Waals surface area contributed by atoms with Gasteiger partial charge in [-0.3, -0.25) is 4.79 Å². The zero-order valence-corrected chi connectivity index (χ0v) is 12.5. The van der Waals surface area contributed by atoms with E-state index in [4.69, 9.17) is 8.83 Å². The fraction of sp³-hybridized carbons (Fsp3) is 0.0556. The number of phenolic OH excluding ortho intramolecular Hbond substituents is 2. The fourth-order valence-corrected chi connectivity index (χ4v) is 2.80. The summed E-state index contributed by atoms with van der Waals surface area (Å²) in [6.07, 6.45) is 0. The van der Waals surface area contributed by atoms with Gasteiger partial charge >= 0.3 is 0 Å². The summed E-state index contributed by atoms with van der Waals surface area (Å²) in [7, 11) is 0. The number of hydrogen-bond donors (Lipinski definition) is 3. The van der Waals surface area contributed by atoms with Crippen molar-refractivity contribution in [3.8, 4) is 28.6 Å². The third kappa shape index (κ3) is 2.00. The fourth-order valence-electron chi connectivity index (χ4n) is 2.80. The minimum absolute atomic E-state index is 0.0790. The first-order chi connectivity index (χ1) is 11.4. The van der Waals surface area contributed by atoms with Crippen molar-refractivity contribution in [2.24, 2.45) is 0 Å². The predicted molar refractivity (Wildman–Crippen MR) is 87.4 cm³/mol. The molecule has 0 saturated carbocycles. The van der Waals surface area contributed by atoms with Crippen molar-refractivity contribution in [1.29, 1.82) is 0 Å². The summed E-state index contributed by atoms with van der Waals surface area (Å²) in [5.41, 5.74) is 0.659. The molecule has 0 aliphatic heterocycles. The molecule has 2 aromatic carbocycles. The van der Waals surface area contributed by atoms with Crippen LogP contribution in [0.4, 0.5) is 0 Å². The second-order valence-electron chi connectivity index (χ2n) is 5.55. The Morgan fingerprint density at radius 3 is 2.29 bits per heavy atom. The molecule has 6 heteroatoms. The lowest BCUT2D eigenvalue weighted by molar-refractivity contribution is 0.403. The van der Waals surface area contributed by atoms with Crippen LogP contribution in [0.3, 0.4) is 0 Å². The molecule has 0 aliphatic rings. The summed E-state index contributed by atoms with van der Waals surface area (Å²) in [6, 6.07) is 8.34. The average molecular weight is 324 g/mol. The Morgan fingerprint density at radius 1 is 0.875 bits per heavy atom. The van der Waals surface area contributed by atoms with Gasteiger partial charge in [0.2, 0.25) is 0 Å². The first-order valence-corrected chi connectivity index (χ1v) is 7.16. The summed E-state index contributed by atoms with van der Waals surface area (Å²) in [5.74, 6) is -0.168. The van der Waals surface area contributed by atoms with Crippen LogP contribution < -0.4 is 5.43 Å². The lowest BCUT2D eigenvalue weighted by atomic mass is 10.0. The number of aromatic hydroxyl groups is 3. The van der Waals surface area contributed by atoms with E-state index >= 15 is 0 Å². The molecule has 0 fully saturated rings. The monoisotopic (exact) mass is 324 g/mol.